The molecule has 0 aliphatic rings. The van der Waals surface area contributed by atoms with Crippen LogP contribution in [0.2, 0.25) is 0 Å². The molecule has 1 atom stereocenters. The first-order chi connectivity index (χ1) is 8.45. The number of carbonyl (C=O) groups is 2. The average molecular weight is 318 g/mol. The molecular formula is C12H13BrFNO3. The number of aliphatic carboxylic acids is 1. The Labute approximate surface area is 112 Å². The number of hydrogen-bond acceptors (Lipinski definition) is 2. The van der Waals surface area contributed by atoms with E-state index in [9.17, 15) is 14.0 Å². The van der Waals surface area contributed by atoms with Gasteiger partial charge in [-0.15, -0.1) is 0 Å². The van der Waals surface area contributed by atoms with E-state index in [1.165, 1.54) is 12.1 Å². The van der Waals surface area contributed by atoms with Crippen molar-refractivity contribution in [2.45, 2.75) is 25.8 Å². The number of hydrogen-bond donors (Lipinski definition) is 2. The minimum atomic E-state index is -1.12. The third-order valence-corrected chi connectivity index (χ3v) is 2.85. The number of amides is 1. The number of carboxylic acids is 1. The first kappa shape index (κ1) is 14.6. The second kappa shape index (κ2) is 6.49. The van der Waals surface area contributed by atoms with Gasteiger partial charge in [-0.25, -0.2) is 9.18 Å². The highest BCUT2D eigenvalue weighted by molar-refractivity contribution is 9.10. The van der Waals surface area contributed by atoms with Crippen molar-refractivity contribution in [3.63, 3.8) is 0 Å². The SMILES string of the molecule is CCC[C@H](NC(=O)c1ccc(Br)cc1F)C(=O)O. The summed E-state index contributed by atoms with van der Waals surface area (Å²) < 4.78 is 14.0. The minimum absolute atomic E-state index is 0.166. The molecule has 0 radical (unpaired) electrons. The van der Waals surface area contributed by atoms with E-state index in [0.29, 0.717) is 17.3 Å². The molecule has 0 aliphatic carbocycles. The van der Waals surface area contributed by atoms with E-state index in [1.54, 1.807) is 0 Å². The minimum Gasteiger partial charge on any atom is -0.480 e. The molecule has 1 amide bonds. The van der Waals surface area contributed by atoms with Crippen molar-refractivity contribution >= 4 is 27.8 Å². The Kier molecular flexibility index (Phi) is 5.27. The Balaban J connectivity index is 2.83. The lowest BCUT2D eigenvalue weighted by atomic mass is 10.1. The van der Waals surface area contributed by atoms with Crippen LogP contribution in [-0.2, 0) is 4.79 Å². The maximum Gasteiger partial charge on any atom is 0.326 e. The zero-order valence-corrected chi connectivity index (χ0v) is 11.3. The van der Waals surface area contributed by atoms with Gasteiger partial charge in [-0.05, 0) is 24.6 Å². The molecule has 0 aromatic heterocycles. The highest BCUT2D eigenvalue weighted by atomic mass is 79.9. The van der Waals surface area contributed by atoms with Crippen molar-refractivity contribution in [3.8, 4) is 0 Å². The molecule has 0 unspecified atom stereocenters. The van der Waals surface area contributed by atoms with Gasteiger partial charge < -0.3 is 10.4 Å². The molecule has 18 heavy (non-hydrogen) atoms. The second-order valence-electron chi connectivity index (χ2n) is 3.78. The van der Waals surface area contributed by atoms with Crippen molar-refractivity contribution < 1.29 is 19.1 Å². The lowest BCUT2D eigenvalue weighted by molar-refractivity contribution is -0.139. The Morgan fingerprint density at radius 2 is 2.17 bits per heavy atom. The Hall–Kier alpha value is -1.43. The number of halogens is 2. The predicted molar refractivity (Wildman–Crippen MR) is 67.9 cm³/mol. The zero-order valence-electron chi connectivity index (χ0n) is 9.74. The summed E-state index contributed by atoms with van der Waals surface area (Å²) >= 11 is 3.08. The molecule has 1 rings (SSSR count). The average Bonchev–Trinajstić information content (AvgIpc) is 2.27. The molecule has 4 nitrogen and oxygen atoms in total. The third-order valence-electron chi connectivity index (χ3n) is 2.36. The van der Waals surface area contributed by atoms with Gasteiger partial charge in [-0.2, -0.15) is 0 Å². The summed E-state index contributed by atoms with van der Waals surface area (Å²) in [6, 6.07) is 2.99. The highest BCUT2D eigenvalue weighted by Gasteiger charge is 2.21. The van der Waals surface area contributed by atoms with Crippen LogP contribution >= 0.6 is 15.9 Å². The second-order valence-corrected chi connectivity index (χ2v) is 4.69. The van der Waals surface area contributed by atoms with Gasteiger partial charge in [0, 0.05) is 4.47 Å². The maximum atomic E-state index is 13.5. The van der Waals surface area contributed by atoms with E-state index < -0.39 is 23.7 Å². The lowest BCUT2D eigenvalue weighted by Gasteiger charge is -2.13. The Bertz CT molecular complexity index is 465. The molecule has 0 saturated carbocycles. The van der Waals surface area contributed by atoms with Crippen molar-refractivity contribution in [3.05, 3.63) is 34.1 Å². The molecule has 1 aromatic rings. The van der Waals surface area contributed by atoms with Crippen LogP contribution in [0.3, 0.4) is 0 Å². The first-order valence-corrected chi connectivity index (χ1v) is 6.23. The number of rotatable bonds is 5. The van der Waals surface area contributed by atoms with Crippen LogP contribution in [0.4, 0.5) is 4.39 Å². The Morgan fingerprint density at radius 3 is 2.67 bits per heavy atom. The van der Waals surface area contributed by atoms with Gasteiger partial charge in [0.25, 0.3) is 5.91 Å². The summed E-state index contributed by atoms with van der Waals surface area (Å²) in [5.74, 6) is -2.54. The van der Waals surface area contributed by atoms with Crippen LogP contribution in [0.5, 0.6) is 0 Å². The monoisotopic (exact) mass is 317 g/mol. The lowest BCUT2D eigenvalue weighted by Crippen LogP contribution is -2.40. The molecule has 0 saturated heterocycles. The molecule has 0 aliphatic heterocycles. The third kappa shape index (κ3) is 3.80. The fourth-order valence-corrected chi connectivity index (χ4v) is 1.79. The van der Waals surface area contributed by atoms with Crippen molar-refractivity contribution in [1.29, 1.82) is 0 Å². The van der Waals surface area contributed by atoms with Crippen LogP contribution < -0.4 is 5.32 Å². The van der Waals surface area contributed by atoms with Crippen molar-refractivity contribution in [2.75, 3.05) is 0 Å². The largest absolute Gasteiger partial charge is 0.480 e. The maximum absolute atomic E-state index is 13.5. The van der Waals surface area contributed by atoms with E-state index in [1.807, 2.05) is 6.92 Å². The quantitative estimate of drug-likeness (QED) is 0.877. The first-order valence-electron chi connectivity index (χ1n) is 5.44. The molecular weight excluding hydrogens is 305 g/mol. The van der Waals surface area contributed by atoms with E-state index in [0.717, 1.165) is 6.07 Å². The molecule has 0 heterocycles. The van der Waals surface area contributed by atoms with Gasteiger partial charge in [0.05, 0.1) is 5.56 Å². The molecule has 0 spiro atoms. The van der Waals surface area contributed by atoms with Crippen LogP contribution in [0, 0.1) is 5.82 Å². The van der Waals surface area contributed by atoms with Gasteiger partial charge >= 0.3 is 5.97 Å². The zero-order chi connectivity index (χ0) is 13.7. The van der Waals surface area contributed by atoms with Crippen molar-refractivity contribution in [2.24, 2.45) is 0 Å². The molecule has 0 fully saturated rings. The van der Waals surface area contributed by atoms with E-state index in [4.69, 9.17) is 5.11 Å². The standard InChI is InChI=1S/C12H13BrFNO3/c1-2-3-10(12(17)18)15-11(16)8-5-4-7(13)6-9(8)14/h4-6,10H,2-3H2,1H3,(H,15,16)(H,17,18)/t10-/m0/s1. The fourth-order valence-electron chi connectivity index (χ4n) is 1.46. The van der Waals surface area contributed by atoms with Crippen molar-refractivity contribution in [1.82, 2.24) is 5.32 Å². The predicted octanol–water partition coefficient (Wildman–Crippen LogP) is 2.57. The summed E-state index contributed by atoms with van der Waals surface area (Å²) in [4.78, 5) is 22.6. The van der Waals surface area contributed by atoms with Gasteiger partial charge in [-0.3, -0.25) is 4.79 Å². The molecule has 6 heteroatoms. The molecule has 2 N–H and O–H groups in total. The van der Waals surface area contributed by atoms with Crippen LogP contribution in [0.15, 0.2) is 22.7 Å². The van der Waals surface area contributed by atoms with E-state index in [-0.39, 0.29) is 5.56 Å². The van der Waals surface area contributed by atoms with Gasteiger partial charge in [0.2, 0.25) is 0 Å². The normalized spacial score (nSPS) is 11.9. The van der Waals surface area contributed by atoms with Gasteiger partial charge in [-0.1, -0.05) is 29.3 Å². The van der Waals surface area contributed by atoms with E-state index in [2.05, 4.69) is 21.2 Å². The van der Waals surface area contributed by atoms with E-state index >= 15 is 0 Å². The summed E-state index contributed by atoms with van der Waals surface area (Å²) in [5.41, 5.74) is -0.166. The summed E-state index contributed by atoms with van der Waals surface area (Å²) in [6.45, 7) is 1.81. The molecule has 0 bridgehead atoms. The summed E-state index contributed by atoms with van der Waals surface area (Å²) in [6.07, 6.45) is 0.916. The van der Waals surface area contributed by atoms with Gasteiger partial charge in [0.1, 0.15) is 11.9 Å². The fraction of sp³-hybridized carbons (Fsp3) is 0.333. The summed E-state index contributed by atoms with van der Waals surface area (Å²) in [7, 11) is 0. The van der Waals surface area contributed by atoms with Gasteiger partial charge in [0.15, 0.2) is 0 Å². The van der Waals surface area contributed by atoms with Crippen LogP contribution in [0.1, 0.15) is 30.1 Å². The molecule has 1 aromatic carbocycles. The Morgan fingerprint density at radius 1 is 1.50 bits per heavy atom. The number of carboxylic acid groups (broad SMARTS) is 1. The highest BCUT2D eigenvalue weighted by Crippen LogP contribution is 2.15. The topological polar surface area (TPSA) is 66.4 Å². The summed E-state index contributed by atoms with van der Waals surface area (Å²) in [5, 5.41) is 11.2. The van der Waals surface area contributed by atoms with Crippen LogP contribution in [-0.4, -0.2) is 23.0 Å². The number of carbonyl (C=O) groups excluding carboxylic acids is 1. The number of benzene rings is 1. The number of nitrogens with one attached hydrogen (secondary N) is 1. The molecule has 98 valence electrons. The smallest absolute Gasteiger partial charge is 0.326 e. The van der Waals surface area contributed by atoms with Crippen LogP contribution in [0.25, 0.3) is 0 Å².